The standard InChI is InChI=1S/C18H21N3O2/c1-12(2)15-8-3-4-9-16(15)21-17(22)11-20-14-7-5-6-13(10-14)18(19)23/h3-10,12,20H,11H2,1-2H3,(H2,19,23)(H,21,22). The maximum Gasteiger partial charge on any atom is 0.248 e. The molecule has 0 heterocycles. The Kier molecular flexibility index (Phi) is 5.36. The molecule has 0 aliphatic heterocycles. The first-order chi connectivity index (χ1) is 11.0. The van der Waals surface area contributed by atoms with Gasteiger partial charge in [-0.15, -0.1) is 0 Å². The van der Waals surface area contributed by atoms with Crippen molar-refractivity contribution >= 4 is 23.2 Å². The maximum absolute atomic E-state index is 12.1. The number of rotatable bonds is 6. The molecule has 0 aliphatic carbocycles. The van der Waals surface area contributed by atoms with E-state index in [1.807, 2.05) is 24.3 Å². The minimum absolute atomic E-state index is 0.106. The van der Waals surface area contributed by atoms with Crippen molar-refractivity contribution < 1.29 is 9.59 Å². The number of carbonyl (C=O) groups is 2. The first kappa shape index (κ1) is 16.5. The van der Waals surface area contributed by atoms with Gasteiger partial charge in [0.1, 0.15) is 0 Å². The molecule has 0 unspecified atom stereocenters. The Labute approximate surface area is 135 Å². The van der Waals surface area contributed by atoms with Crippen LogP contribution in [0.1, 0.15) is 35.7 Å². The average molecular weight is 311 g/mol. The van der Waals surface area contributed by atoms with Gasteiger partial charge in [0, 0.05) is 16.9 Å². The Hall–Kier alpha value is -2.82. The number of carbonyl (C=O) groups excluding carboxylic acids is 2. The van der Waals surface area contributed by atoms with Crippen LogP contribution < -0.4 is 16.4 Å². The van der Waals surface area contributed by atoms with E-state index in [2.05, 4.69) is 24.5 Å². The van der Waals surface area contributed by atoms with E-state index < -0.39 is 5.91 Å². The van der Waals surface area contributed by atoms with Crippen molar-refractivity contribution in [3.63, 3.8) is 0 Å². The molecular weight excluding hydrogens is 290 g/mol. The Morgan fingerprint density at radius 2 is 1.83 bits per heavy atom. The number of anilines is 2. The molecule has 0 saturated heterocycles. The fourth-order valence-electron chi connectivity index (χ4n) is 2.27. The van der Waals surface area contributed by atoms with Crippen molar-refractivity contribution in [2.24, 2.45) is 5.73 Å². The number of amides is 2. The summed E-state index contributed by atoms with van der Waals surface area (Å²) in [6.07, 6.45) is 0. The topological polar surface area (TPSA) is 84.2 Å². The molecule has 0 saturated carbocycles. The molecule has 23 heavy (non-hydrogen) atoms. The third-order valence-electron chi connectivity index (χ3n) is 3.46. The molecule has 2 aromatic rings. The average Bonchev–Trinajstić information content (AvgIpc) is 2.53. The summed E-state index contributed by atoms with van der Waals surface area (Å²) in [5, 5.41) is 5.90. The van der Waals surface area contributed by atoms with Gasteiger partial charge in [0.2, 0.25) is 11.8 Å². The van der Waals surface area contributed by atoms with Crippen LogP contribution in [0.4, 0.5) is 11.4 Å². The predicted octanol–water partition coefficient (Wildman–Crippen LogP) is 2.96. The molecule has 5 nitrogen and oxygen atoms in total. The van der Waals surface area contributed by atoms with Gasteiger partial charge in [0.05, 0.1) is 6.54 Å². The van der Waals surface area contributed by atoms with E-state index in [9.17, 15) is 9.59 Å². The monoisotopic (exact) mass is 311 g/mol. The molecule has 2 aromatic carbocycles. The van der Waals surface area contributed by atoms with E-state index in [4.69, 9.17) is 5.73 Å². The van der Waals surface area contributed by atoms with Crippen molar-refractivity contribution in [1.29, 1.82) is 0 Å². The summed E-state index contributed by atoms with van der Waals surface area (Å²) in [5.41, 5.74) is 8.23. The summed E-state index contributed by atoms with van der Waals surface area (Å²) >= 11 is 0. The van der Waals surface area contributed by atoms with E-state index in [-0.39, 0.29) is 12.5 Å². The van der Waals surface area contributed by atoms with Crippen LogP contribution in [0.25, 0.3) is 0 Å². The highest BCUT2D eigenvalue weighted by molar-refractivity contribution is 5.95. The SMILES string of the molecule is CC(C)c1ccccc1NC(=O)CNc1cccc(C(N)=O)c1. The van der Waals surface area contributed by atoms with Crippen molar-refractivity contribution in [3.05, 3.63) is 59.7 Å². The second-order valence-electron chi connectivity index (χ2n) is 5.59. The number of hydrogen-bond acceptors (Lipinski definition) is 3. The summed E-state index contributed by atoms with van der Waals surface area (Å²) in [6.45, 7) is 4.27. The molecule has 0 spiro atoms. The normalized spacial score (nSPS) is 10.4. The van der Waals surface area contributed by atoms with Gasteiger partial charge < -0.3 is 16.4 Å². The van der Waals surface area contributed by atoms with Crippen molar-refractivity contribution in [2.45, 2.75) is 19.8 Å². The summed E-state index contributed by atoms with van der Waals surface area (Å²) in [7, 11) is 0. The molecule has 0 aliphatic rings. The zero-order valence-corrected chi connectivity index (χ0v) is 13.3. The molecule has 5 heteroatoms. The van der Waals surface area contributed by atoms with E-state index >= 15 is 0 Å². The lowest BCUT2D eigenvalue weighted by Crippen LogP contribution is -2.22. The second kappa shape index (κ2) is 7.45. The molecule has 0 radical (unpaired) electrons. The Bertz CT molecular complexity index is 711. The summed E-state index contributed by atoms with van der Waals surface area (Å²) in [5.74, 6) is -0.321. The van der Waals surface area contributed by atoms with E-state index in [0.717, 1.165) is 11.3 Å². The Morgan fingerprint density at radius 3 is 2.52 bits per heavy atom. The lowest BCUT2D eigenvalue weighted by molar-refractivity contribution is -0.114. The fourth-order valence-corrected chi connectivity index (χ4v) is 2.27. The summed E-state index contributed by atoms with van der Waals surface area (Å²) < 4.78 is 0. The number of benzene rings is 2. The number of nitrogens with one attached hydrogen (secondary N) is 2. The fraction of sp³-hybridized carbons (Fsp3) is 0.222. The van der Waals surface area contributed by atoms with Crippen LogP contribution in [0.3, 0.4) is 0 Å². The van der Waals surface area contributed by atoms with E-state index in [1.54, 1.807) is 24.3 Å². The Morgan fingerprint density at radius 1 is 1.09 bits per heavy atom. The predicted molar refractivity (Wildman–Crippen MR) is 92.6 cm³/mol. The zero-order valence-electron chi connectivity index (χ0n) is 13.3. The second-order valence-corrected chi connectivity index (χ2v) is 5.59. The first-order valence-electron chi connectivity index (χ1n) is 7.50. The van der Waals surface area contributed by atoms with Crippen LogP contribution in [0, 0.1) is 0 Å². The van der Waals surface area contributed by atoms with Gasteiger partial charge in [-0.3, -0.25) is 9.59 Å². The quantitative estimate of drug-likeness (QED) is 0.767. The molecule has 0 atom stereocenters. The van der Waals surface area contributed by atoms with Crippen molar-refractivity contribution in [3.8, 4) is 0 Å². The van der Waals surface area contributed by atoms with Crippen LogP contribution in [-0.2, 0) is 4.79 Å². The number of para-hydroxylation sites is 1. The molecular formula is C18H21N3O2. The highest BCUT2D eigenvalue weighted by Crippen LogP contribution is 2.23. The number of hydrogen-bond donors (Lipinski definition) is 3. The highest BCUT2D eigenvalue weighted by atomic mass is 16.2. The first-order valence-corrected chi connectivity index (χ1v) is 7.50. The van der Waals surface area contributed by atoms with E-state index in [0.29, 0.717) is 17.2 Å². The number of nitrogens with two attached hydrogens (primary N) is 1. The third kappa shape index (κ3) is 4.57. The largest absolute Gasteiger partial charge is 0.376 e. The van der Waals surface area contributed by atoms with Crippen LogP contribution in [0.2, 0.25) is 0 Å². The highest BCUT2D eigenvalue weighted by Gasteiger charge is 2.09. The lowest BCUT2D eigenvalue weighted by atomic mass is 10.0. The van der Waals surface area contributed by atoms with Crippen LogP contribution >= 0.6 is 0 Å². The van der Waals surface area contributed by atoms with Gasteiger partial charge in [-0.25, -0.2) is 0 Å². The van der Waals surface area contributed by atoms with Gasteiger partial charge in [0.15, 0.2) is 0 Å². The van der Waals surface area contributed by atoms with Gasteiger partial charge in [0.25, 0.3) is 0 Å². The molecule has 120 valence electrons. The van der Waals surface area contributed by atoms with Gasteiger partial charge in [-0.2, -0.15) is 0 Å². The number of primary amides is 1. The zero-order chi connectivity index (χ0) is 16.8. The van der Waals surface area contributed by atoms with Crippen LogP contribution in [-0.4, -0.2) is 18.4 Å². The molecule has 2 rings (SSSR count). The smallest absolute Gasteiger partial charge is 0.248 e. The molecule has 0 fully saturated rings. The molecule has 0 aromatic heterocycles. The molecule has 0 bridgehead atoms. The lowest BCUT2D eigenvalue weighted by Gasteiger charge is -2.14. The minimum atomic E-state index is -0.496. The Balaban J connectivity index is 1.98. The van der Waals surface area contributed by atoms with Gasteiger partial charge in [-0.05, 0) is 35.7 Å². The van der Waals surface area contributed by atoms with Crippen LogP contribution in [0.5, 0.6) is 0 Å². The van der Waals surface area contributed by atoms with Crippen molar-refractivity contribution in [2.75, 3.05) is 17.2 Å². The molecule has 2 amide bonds. The van der Waals surface area contributed by atoms with Crippen LogP contribution in [0.15, 0.2) is 48.5 Å². The summed E-state index contributed by atoms with van der Waals surface area (Å²) in [4.78, 5) is 23.3. The third-order valence-corrected chi connectivity index (χ3v) is 3.46. The van der Waals surface area contributed by atoms with Gasteiger partial charge in [-0.1, -0.05) is 38.1 Å². The van der Waals surface area contributed by atoms with Gasteiger partial charge >= 0.3 is 0 Å². The minimum Gasteiger partial charge on any atom is -0.376 e. The van der Waals surface area contributed by atoms with E-state index in [1.165, 1.54) is 0 Å². The maximum atomic E-state index is 12.1. The molecule has 4 N–H and O–H groups in total. The summed E-state index contributed by atoms with van der Waals surface area (Å²) in [6, 6.07) is 14.5. The van der Waals surface area contributed by atoms with Crippen molar-refractivity contribution in [1.82, 2.24) is 0 Å².